The zero-order valence-electron chi connectivity index (χ0n) is 20.5. The number of rotatable bonds is 10. The Bertz CT molecular complexity index is 1170. The van der Waals surface area contributed by atoms with Crippen molar-refractivity contribution < 1.29 is 35.9 Å². The van der Waals surface area contributed by atoms with Gasteiger partial charge >= 0.3 is 12.4 Å². The Labute approximate surface area is 211 Å². The molecule has 1 amide bonds. The molecule has 0 bridgehead atoms. The molecule has 3 aromatic rings. The van der Waals surface area contributed by atoms with Crippen molar-refractivity contribution in [3.63, 3.8) is 0 Å². The van der Waals surface area contributed by atoms with E-state index in [0.29, 0.717) is 36.5 Å². The topological polar surface area (TPSA) is 34.5 Å². The third-order valence-electron chi connectivity index (χ3n) is 5.92. The highest BCUT2D eigenvalue weighted by Gasteiger charge is 2.38. The van der Waals surface area contributed by atoms with E-state index in [1.807, 2.05) is 29.7 Å². The highest BCUT2D eigenvalue weighted by molar-refractivity contribution is 5.94. The average Bonchev–Trinajstić information content (AvgIpc) is 3.28. The molecule has 3 rings (SSSR count). The molecular weight excluding hydrogens is 498 g/mol. The minimum atomic E-state index is -5.03. The number of alkyl halides is 6. The van der Waals surface area contributed by atoms with Crippen LogP contribution in [0.2, 0.25) is 0 Å². The molecule has 10 heteroatoms. The molecule has 1 heterocycles. The van der Waals surface area contributed by atoms with Gasteiger partial charge < -0.3 is 14.2 Å². The SMILES string of the molecule is CCCCCN(Cc1cccn1Cc1cccc(OC)c1)C(=O)c1cc(C(F)(F)F)cc(C(F)(F)F)c1. The van der Waals surface area contributed by atoms with Crippen molar-refractivity contribution >= 4 is 5.91 Å². The first-order valence-electron chi connectivity index (χ1n) is 11.8. The van der Waals surface area contributed by atoms with Gasteiger partial charge in [0, 0.05) is 30.5 Å². The van der Waals surface area contributed by atoms with Crippen molar-refractivity contribution in [1.82, 2.24) is 9.47 Å². The van der Waals surface area contributed by atoms with Crippen LogP contribution in [-0.4, -0.2) is 29.0 Å². The summed E-state index contributed by atoms with van der Waals surface area (Å²) in [4.78, 5) is 14.7. The van der Waals surface area contributed by atoms with Gasteiger partial charge in [-0.2, -0.15) is 26.3 Å². The molecule has 0 saturated heterocycles. The molecule has 0 radical (unpaired) electrons. The van der Waals surface area contributed by atoms with E-state index in [2.05, 4.69) is 0 Å². The maximum Gasteiger partial charge on any atom is 0.416 e. The number of carbonyl (C=O) groups is 1. The van der Waals surface area contributed by atoms with E-state index in [-0.39, 0.29) is 19.2 Å². The van der Waals surface area contributed by atoms with Crippen LogP contribution in [0.15, 0.2) is 60.8 Å². The van der Waals surface area contributed by atoms with Gasteiger partial charge in [-0.1, -0.05) is 31.9 Å². The molecule has 0 N–H and O–H groups in total. The second-order valence-corrected chi connectivity index (χ2v) is 8.71. The van der Waals surface area contributed by atoms with Crippen LogP contribution in [0.5, 0.6) is 5.75 Å². The summed E-state index contributed by atoms with van der Waals surface area (Å²) >= 11 is 0. The lowest BCUT2D eigenvalue weighted by molar-refractivity contribution is -0.143. The summed E-state index contributed by atoms with van der Waals surface area (Å²) in [6, 6.07) is 11.9. The Balaban J connectivity index is 1.93. The van der Waals surface area contributed by atoms with Crippen molar-refractivity contribution in [3.05, 3.63) is 88.7 Å². The average molecular weight is 527 g/mol. The third kappa shape index (κ3) is 7.53. The quantitative estimate of drug-likeness (QED) is 0.204. The molecule has 1 aromatic heterocycles. The van der Waals surface area contributed by atoms with Crippen LogP contribution in [0.1, 0.15) is 58.9 Å². The fourth-order valence-corrected chi connectivity index (χ4v) is 3.98. The zero-order valence-corrected chi connectivity index (χ0v) is 20.5. The zero-order chi connectivity index (χ0) is 27.2. The number of hydrogen-bond donors (Lipinski definition) is 0. The first-order valence-corrected chi connectivity index (χ1v) is 11.8. The molecule has 0 aliphatic carbocycles. The Morgan fingerprint density at radius 2 is 1.59 bits per heavy atom. The lowest BCUT2D eigenvalue weighted by Crippen LogP contribution is -2.33. The number of hydrogen-bond acceptors (Lipinski definition) is 2. The van der Waals surface area contributed by atoms with Gasteiger partial charge in [0.25, 0.3) is 5.91 Å². The first-order chi connectivity index (χ1) is 17.4. The molecule has 0 unspecified atom stereocenters. The van der Waals surface area contributed by atoms with E-state index >= 15 is 0 Å². The van der Waals surface area contributed by atoms with Gasteiger partial charge in [0.05, 0.1) is 24.8 Å². The van der Waals surface area contributed by atoms with E-state index in [9.17, 15) is 31.1 Å². The first kappa shape index (κ1) is 28.1. The van der Waals surface area contributed by atoms with Crippen LogP contribution in [-0.2, 0) is 25.4 Å². The molecule has 200 valence electrons. The van der Waals surface area contributed by atoms with E-state index < -0.39 is 35.0 Å². The maximum absolute atomic E-state index is 13.4. The van der Waals surface area contributed by atoms with Crippen molar-refractivity contribution in [1.29, 1.82) is 0 Å². The third-order valence-corrected chi connectivity index (χ3v) is 5.92. The number of unbranched alkanes of at least 4 members (excludes halogenated alkanes) is 2. The molecule has 4 nitrogen and oxygen atoms in total. The monoisotopic (exact) mass is 526 g/mol. The molecule has 37 heavy (non-hydrogen) atoms. The van der Waals surface area contributed by atoms with Crippen LogP contribution in [0.4, 0.5) is 26.3 Å². The lowest BCUT2D eigenvalue weighted by atomic mass is 10.0. The number of halogens is 6. The van der Waals surface area contributed by atoms with Crippen molar-refractivity contribution in [2.75, 3.05) is 13.7 Å². The maximum atomic E-state index is 13.4. The van der Waals surface area contributed by atoms with E-state index in [1.54, 1.807) is 31.5 Å². The van der Waals surface area contributed by atoms with E-state index in [1.165, 1.54) is 4.90 Å². The molecule has 0 spiro atoms. The van der Waals surface area contributed by atoms with Gasteiger partial charge in [-0.3, -0.25) is 4.79 Å². The summed E-state index contributed by atoms with van der Waals surface area (Å²) in [5, 5.41) is 0. The Kier molecular flexibility index (Phi) is 8.94. The number of carbonyl (C=O) groups excluding carboxylic acids is 1. The molecule has 2 aromatic carbocycles. The molecular formula is C27H28F6N2O2. The largest absolute Gasteiger partial charge is 0.497 e. The number of benzene rings is 2. The molecule has 0 fully saturated rings. The molecule has 0 aliphatic heterocycles. The Morgan fingerprint density at radius 1 is 0.919 bits per heavy atom. The normalized spacial score (nSPS) is 12.0. The number of ether oxygens (including phenoxy) is 1. The van der Waals surface area contributed by atoms with Gasteiger partial charge in [-0.05, 0) is 54.4 Å². The number of amides is 1. The molecule has 0 aliphatic rings. The van der Waals surface area contributed by atoms with E-state index in [4.69, 9.17) is 4.74 Å². The van der Waals surface area contributed by atoms with Crippen LogP contribution in [0.25, 0.3) is 0 Å². The van der Waals surface area contributed by atoms with Crippen LogP contribution in [0, 0.1) is 0 Å². The Morgan fingerprint density at radius 3 is 2.19 bits per heavy atom. The molecule has 0 saturated carbocycles. The van der Waals surface area contributed by atoms with E-state index in [0.717, 1.165) is 18.4 Å². The lowest BCUT2D eigenvalue weighted by Gasteiger charge is -2.25. The summed E-state index contributed by atoms with van der Waals surface area (Å²) in [6.45, 7) is 2.61. The van der Waals surface area contributed by atoms with Gasteiger partial charge in [0.2, 0.25) is 0 Å². The fourth-order valence-electron chi connectivity index (χ4n) is 3.98. The van der Waals surface area contributed by atoms with Gasteiger partial charge in [-0.25, -0.2) is 0 Å². The molecule has 0 atom stereocenters. The predicted molar refractivity (Wildman–Crippen MR) is 127 cm³/mol. The minimum absolute atomic E-state index is 0.0249. The smallest absolute Gasteiger partial charge is 0.416 e. The van der Waals surface area contributed by atoms with Gasteiger partial charge in [-0.15, -0.1) is 0 Å². The number of aromatic nitrogens is 1. The minimum Gasteiger partial charge on any atom is -0.497 e. The van der Waals surface area contributed by atoms with Crippen LogP contribution >= 0.6 is 0 Å². The van der Waals surface area contributed by atoms with Gasteiger partial charge in [0.15, 0.2) is 0 Å². The standard InChI is InChI=1S/C27H28F6N2O2/c1-3-4-5-11-35(18-23-9-7-12-34(23)17-19-8-6-10-24(13-19)37-2)25(36)20-14-21(26(28,29)30)16-22(15-20)27(31,32)33/h6-10,12-16H,3-5,11,17-18H2,1-2H3. The summed E-state index contributed by atoms with van der Waals surface area (Å²) in [5.74, 6) is -0.213. The highest BCUT2D eigenvalue weighted by Crippen LogP contribution is 2.36. The summed E-state index contributed by atoms with van der Waals surface area (Å²) in [6.07, 6.45) is -6.12. The van der Waals surface area contributed by atoms with Gasteiger partial charge in [0.1, 0.15) is 5.75 Å². The summed E-state index contributed by atoms with van der Waals surface area (Å²) in [7, 11) is 1.55. The van der Waals surface area contributed by atoms with Crippen LogP contribution < -0.4 is 4.74 Å². The fraction of sp³-hybridized carbons (Fsp3) is 0.370. The number of nitrogens with zero attached hydrogens (tertiary/aromatic N) is 2. The van der Waals surface area contributed by atoms with Crippen LogP contribution in [0.3, 0.4) is 0 Å². The highest BCUT2D eigenvalue weighted by atomic mass is 19.4. The van der Waals surface area contributed by atoms with Crippen molar-refractivity contribution in [2.24, 2.45) is 0 Å². The second kappa shape index (κ2) is 11.7. The summed E-state index contributed by atoms with van der Waals surface area (Å²) < 4.78 is 87.3. The second-order valence-electron chi connectivity index (χ2n) is 8.71. The predicted octanol–water partition coefficient (Wildman–Crippen LogP) is 7.42. The van der Waals surface area contributed by atoms with Crippen molar-refractivity contribution in [3.8, 4) is 5.75 Å². The number of methoxy groups -OCH3 is 1. The summed E-state index contributed by atoms with van der Waals surface area (Å²) in [5.41, 5.74) is -2.06. The Hall–Kier alpha value is -3.43. The van der Waals surface area contributed by atoms with Crippen molar-refractivity contribution in [2.45, 2.75) is 51.6 Å².